The fourth-order valence-corrected chi connectivity index (χ4v) is 2.23. The van der Waals surface area contributed by atoms with E-state index in [1.165, 1.54) is 5.56 Å². The van der Waals surface area contributed by atoms with Crippen molar-refractivity contribution in [3.05, 3.63) is 36.0 Å². The molecule has 1 aromatic heterocycles. The summed E-state index contributed by atoms with van der Waals surface area (Å²) in [6.07, 6.45) is 3.23. The number of nitrogens with zero attached hydrogens (tertiary/aromatic N) is 2. The summed E-state index contributed by atoms with van der Waals surface area (Å²) in [5, 5.41) is 12.3. The number of fused-ring (bicyclic) bond motifs is 1. The van der Waals surface area contributed by atoms with Gasteiger partial charge in [-0.3, -0.25) is 4.79 Å². The monoisotopic (exact) mass is 255 g/mol. The molecule has 0 aliphatic carbocycles. The normalized spacial score (nSPS) is 10.3. The number of benzene rings is 1. The highest BCUT2D eigenvalue weighted by molar-refractivity contribution is 5.85. The summed E-state index contributed by atoms with van der Waals surface area (Å²) in [4.78, 5) is 11.8. The fourth-order valence-electron chi connectivity index (χ4n) is 2.23. The Bertz CT molecular complexity index is 622. The minimum absolute atomic E-state index is 0.0568. The van der Waals surface area contributed by atoms with Gasteiger partial charge in [0.25, 0.3) is 0 Å². The predicted octanol–water partition coefficient (Wildman–Crippen LogP) is 2.23. The lowest BCUT2D eigenvalue weighted by Crippen LogP contribution is -2.28. The zero-order valence-electron chi connectivity index (χ0n) is 11.0. The quantitative estimate of drug-likeness (QED) is 0.833. The summed E-state index contributed by atoms with van der Waals surface area (Å²) in [6, 6.07) is 10.2. The third-order valence-corrected chi connectivity index (χ3v) is 3.13. The smallest absolute Gasteiger partial charge is 0.239 e. The van der Waals surface area contributed by atoms with Crippen molar-refractivity contribution >= 4 is 16.8 Å². The number of hydrogen-bond donors (Lipinski definition) is 1. The number of carbonyl (C=O) groups is 1. The molecule has 98 valence electrons. The number of amides is 1. The SMILES string of the molecule is CCc1cccc2ccn(CC(=O)NCCC#N)c12. The second-order valence-electron chi connectivity index (χ2n) is 4.41. The van der Waals surface area contributed by atoms with Gasteiger partial charge in [-0.05, 0) is 23.4 Å². The van der Waals surface area contributed by atoms with Crippen LogP contribution < -0.4 is 5.32 Å². The van der Waals surface area contributed by atoms with E-state index in [4.69, 9.17) is 5.26 Å². The number of para-hydroxylation sites is 1. The average Bonchev–Trinajstić information content (AvgIpc) is 2.82. The maximum absolute atomic E-state index is 11.8. The maximum atomic E-state index is 11.8. The average molecular weight is 255 g/mol. The van der Waals surface area contributed by atoms with Gasteiger partial charge in [-0.2, -0.15) is 5.26 Å². The molecule has 1 aromatic carbocycles. The molecule has 4 nitrogen and oxygen atoms in total. The van der Waals surface area contributed by atoms with Crippen molar-refractivity contribution in [1.29, 1.82) is 5.26 Å². The Hall–Kier alpha value is -2.28. The number of carbonyl (C=O) groups excluding carboxylic acids is 1. The molecule has 0 aliphatic rings. The largest absolute Gasteiger partial charge is 0.354 e. The van der Waals surface area contributed by atoms with Gasteiger partial charge in [0.2, 0.25) is 5.91 Å². The third kappa shape index (κ3) is 2.94. The van der Waals surface area contributed by atoms with Gasteiger partial charge < -0.3 is 9.88 Å². The molecule has 0 saturated heterocycles. The molecule has 1 heterocycles. The van der Waals surface area contributed by atoms with Crippen LogP contribution in [0.15, 0.2) is 30.5 Å². The first kappa shape index (κ1) is 13.2. The Morgan fingerprint density at radius 1 is 1.42 bits per heavy atom. The Balaban J connectivity index is 2.17. The third-order valence-electron chi connectivity index (χ3n) is 3.13. The highest BCUT2D eigenvalue weighted by atomic mass is 16.1. The van der Waals surface area contributed by atoms with E-state index in [-0.39, 0.29) is 5.91 Å². The zero-order valence-corrected chi connectivity index (χ0v) is 11.0. The number of nitriles is 1. The lowest BCUT2D eigenvalue weighted by Gasteiger charge is -2.09. The summed E-state index contributed by atoms with van der Waals surface area (Å²) in [5.41, 5.74) is 2.37. The molecule has 0 radical (unpaired) electrons. The van der Waals surface area contributed by atoms with Gasteiger partial charge in [0, 0.05) is 12.7 Å². The molecule has 0 spiro atoms. The van der Waals surface area contributed by atoms with E-state index in [0.717, 1.165) is 17.3 Å². The van der Waals surface area contributed by atoms with Crippen molar-refractivity contribution in [3.8, 4) is 6.07 Å². The molecule has 2 aromatic rings. The number of aryl methyl sites for hydroxylation is 1. The lowest BCUT2D eigenvalue weighted by molar-refractivity contribution is -0.121. The van der Waals surface area contributed by atoms with E-state index in [2.05, 4.69) is 24.4 Å². The van der Waals surface area contributed by atoms with Crippen LogP contribution in [0.3, 0.4) is 0 Å². The van der Waals surface area contributed by atoms with Crippen LogP contribution in [0, 0.1) is 11.3 Å². The van der Waals surface area contributed by atoms with Crippen molar-refractivity contribution in [1.82, 2.24) is 9.88 Å². The fraction of sp³-hybridized carbons (Fsp3) is 0.333. The number of nitrogens with one attached hydrogen (secondary N) is 1. The molecule has 0 fully saturated rings. The molecule has 19 heavy (non-hydrogen) atoms. The van der Waals surface area contributed by atoms with Crippen LogP contribution in [0.25, 0.3) is 10.9 Å². The van der Waals surface area contributed by atoms with Crippen LogP contribution in [0.4, 0.5) is 0 Å². The molecule has 4 heteroatoms. The van der Waals surface area contributed by atoms with Crippen molar-refractivity contribution in [2.24, 2.45) is 0 Å². The summed E-state index contributed by atoms with van der Waals surface area (Å²) >= 11 is 0. The van der Waals surface area contributed by atoms with Crippen molar-refractivity contribution in [2.45, 2.75) is 26.3 Å². The Morgan fingerprint density at radius 3 is 3.00 bits per heavy atom. The van der Waals surface area contributed by atoms with Crippen LogP contribution in [0.2, 0.25) is 0 Å². The van der Waals surface area contributed by atoms with E-state index < -0.39 is 0 Å². The molecule has 1 N–H and O–H groups in total. The first-order chi connectivity index (χ1) is 9.26. The highest BCUT2D eigenvalue weighted by Crippen LogP contribution is 2.20. The van der Waals surface area contributed by atoms with E-state index in [1.807, 2.05) is 29.0 Å². The Kier molecular flexibility index (Phi) is 4.19. The lowest BCUT2D eigenvalue weighted by atomic mass is 10.1. The van der Waals surface area contributed by atoms with E-state index in [1.54, 1.807) is 0 Å². The van der Waals surface area contributed by atoms with Crippen LogP contribution in [-0.2, 0) is 17.8 Å². The Morgan fingerprint density at radius 2 is 2.26 bits per heavy atom. The second-order valence-corrected chi connectivity index (χ2v) is 4.41. The summed E-state index contributed by atoms with van der Waals surface area (Å²) < 4.78 is 1.97. The second kappa shape index (κ2) is 6.05. The molecule has 0 atom stereocenters. The summed E-state index contributed by atoms with van der Waals surface area (Å²) in [6.45, 7) is 2.82. The zero-order chi connectivity index (χ0) is 13.7. The summed E-state index contributed by atoms with van der Waals surface area (Å²) in [5.74, 6) is -0.0568. The molecule has 0 bridgehead atoms. The first-order valence-corrected chi connectivity index (χ1v) is 6.46. The van der Waals surface area contributed by atoms with Crippen molar-refractivity contribution in [3.63, 3.8) is 0 Å². The molecule has 0 aliphatic heterocycles. The van der Waals surface area contributed by atoms with Crippen molar-refractivity contribution in [2.75, 3.05) is 6.54 Å². The Labute approximate surface area is 112 Å². The van der Waals surface area contributed by atoms with Gasteiger partial charge in [-0.1, -0.05) is 25.1 Å². The van der Waals surface area contributed by atoms with Crippen LogP contribution in [0.5, 0.6) is 0 Å². The van der Waals surface area contributed by atoms with Gasteiger partial charge in [-0.15, -0.1) is 0 Å². The molecule has 1 amide bonds. The van der Waals surface area contributed by atoms with Crippen molar-refractivity contribution < 1.29 is 4.79 Å². The number of rotatable bonds is 5. The number of aromatic nitrogens is 1. The highest BCUT2D eigenvalue weighted by Gasteiger charge is 2.08. The molecule has 0 unspecified atom stereocenters. The van der Waals surface area contributed by atoms with Crippen LogP contribution in [-0.4, -0.2) is 17.0 Å². The van der Waals surface area contributed by atoms with Gasteiger partial charge in [0.15, 0.2) is 0 Å². The number of hydrogen-bond acceptors (Lipinski definition) is 2. The topological polar surface area (TPSA) is 57.8 Å². The predicted molar refractivity (Wildman–Crippen MR) is 74.6 cm³/mol. The van der Waals surface area contributed by atoms with E-state index in [0.29, 0.717) is 19.5 Å². The standard InChI is InChI=1S/C15H17N3O/c1-2-12-5-3-6-13-7-10-18(15(12)13)11-14(19)17-9-4-8-16/h3,5-7,10H,2,4,9,11H2,1H3,(H,17,19). The maximum Gasteiger partial charge on any atom is 0.239 e. The summed E-state index contributed by atoms with van der Waals surface area (Å²) in [7, 11) is 0. The molecular formula is C15H17N3O. The molecule has 2 rings (SSSR count). The molecular weight excluding hydrogens is 238 g/mol. The van der Waals surface area contributed by atoms with Gasteiger partial charge in [0.1, 0.15) is 6.54 Å². The van der Waals surface area contributed by atoms with Crippen LogP contribution in [0.1, 0.15) is 18.9 Å². The van der Waals surface area contributed by atoms with Crippen LogP contribution >= 0.6 is 0 Å². The minimum atomic E-state index is -0.0568. The van der Waals surface area contributed by atoms with E-state index in [9.17, 15) is 4.79 Å². The molecule has 0 saturated carbocycles. The van der Waals surface area contributed by atoms with Gasteiger partial charge >= 0.3 is 0 Å². The van der Waals surface area contributed by atoms with Gasteiger partial charge in [0.05, 0.1) is 18.0 Å². The minimum Gasteiger partial charge on any atom is -0.354 e. The van der Waals surface area contributed by atoms with E-state index >= 15 is 0 Å². The van der Waals surface area contributed by atoms with Gasteiger partial charge in [-0.25, -0.2) is 0 Å². The first-order valence-electron chi connectivity index (χ1n) is 6.46.